The molecule has 0 rings (SSSR count). The van der Waals surface area contributed by atoms with E-state index in [2.05, 4.69) is 0 Å². The molecule has 2 N–H and O–H groups in total. The second kappa shape index (κ2) is 15.9. The second-order valence-electron chi connectivity index (χ2n) is 0.247. The summed E-state index contributed by atoms with van der Waals surface area (Å²) in [4.78, 5) is 0. The van der Waals surface area contributed by atoms with Gasteiger partial charge in [-0.3, -0.25) is 0 Å². The molecule has 7 heteroatoms. The maximum Gasteiger partial charge on any atom is 0.643 e. The Morgan fingerprint density at radius 1 is 1.00 bits per heavy atom. The second-order valence-corrected chi connectivity index (χ2v) is 6.68. The first-order valence-electron chi connectivity index (χ1n) is 0.655. The minimum Gasteiger partial charge on any atom is -0.412 e. The summed E-state index contributed by atoms with van der Waals surface area (Å²) < 4.78 is 0. The molecule has 0 saturated heterocycles. The minimum atomic E-state index is -1.72. The van der Waals surface area contributed by atoms with Crippen LogP contribution in [0.5, 0.6) is 0 Å². The maximum atomic E-state index is 4.94. The molecule has 0 bridgehead atoms. The van der Waals surface area contributed by atoms with E-state index in [-0.39, 0.29) is 49.0 Å². The fourth-order valence-electron chi connectivity index (χ4n) is 0. The first-order valence-corrected chi connectivity index (χ1v) is 5.89. The summed E-state index contributed by atoms with van der Waals surface area (Å²) >= 11 is -1.72. The summed E-state index contributed by atoms with van der Waals surface area (Å²) in [6.07, 6.45) is 0. The molecule has 0 saturated carbocycles. The first kappa shape index (κ1) is 22.6. The van der Waals surface area contributed by atoms with Crippen molar-refractivity contribution < 1.29 is 31.7 Å². The van der Waals surface area contributed by atoms with Gasteiger partial charge in [-0.2, -0.15) is 0 Å². The molecular weight excluding hydrogens is 268 g/mol. The van der Waals surface area contributed by atoms with Crippen LogP contribution in [0.25, 0.3) is 0 Å². The summed E-state index contributed by atoms with van der Waals surface area (Å²) in [5, 5.41) is 0. The third-order valence-corrected chi connectivity index (χ3v) is 0. The largest absolute Gasteiger partial charge is 0.643 e. The van der Waals surface area contributed by atoms with Gasteiger partial charge in [-0.05, 0) is 0 Å². The molecular formula is H2Al2Cl3OZr. The summed E-state index contributed by atoms with van der Waals surface area (Å²) in [7, 11) is 14.8. The van der Waals surface area contributed by atoms with Crippen LogP contribution in [0.3, 0.4) is 0 Å². The summed E-state index contributed by atoms with van der Waals surface area (Å²) in [6.45, 7) is 0. The Bertz CT molecular complexity index is 17.7. The smallest absolute Gasteiger partial charge is 0.412 e. The van der Waals surface area contributed by atoms with Crippen LogP contribution in [0.2, 0.25) is 0 Å². The first-order chi connectivity index (χ1) is 1.73. The van der Waals surface area contributed by atoms with Crippen molar-refractivity contribution in [2.75, 3.05) is 0 Å². The van der Waals surface area contributed by atoms with E-state index >= 15 is 0 Å². The van der Waals surface area contributed by atoms with Gasteiger partial charge in [0.2, 0.25) is 0 Å². The van der Waals surface area contributed by atoms with E-state index in [4.69, 9.17) is 30.1 Å². The maximum absolute atomic E-state index is 4.94. The molecule has 0 spiro atoms. The van der Waals surface area contributed by atoms with Gasteiger partial charge in [-0.25, -0.2) is 30.1 Å². The van der Waals surface area contributed by atoms with E-state index in [9.17, 15) is 0 Å². The Hall–Kier alpha value is 2.78. The Kier molecular flexibility index (Phi) is 51.3. The van der Waals surface area contributed by atoms with Crippen LogP contribution in [0.15, 0.2) is 0 Å². The van der Waals surface area contributed by atoms with Crippen LogP contribution in [-0.2, 0) is 26.2 Å². The molecule has 3 radical (unpaired) electrons. The number of halogens is 3. The average molecular weight is 270 g/mol. The van der Waals surface area contributed by atoms with E-state index in [0.29, 0.717) is 0 Å². The molecule has 39 valence electrons. The van der Waals surface area contributed by atoms with Gasteiger partial charge in [0.1, 0.15) is 0 Å². The average Bonchev–Trinajstić information content (AvgIpc) is 0.811. The Morgan fingerprint density at radius 3 is 1.00 bits per heavy atom. The van der Waals surface area contributed by atoms with Crippen molar-refractivity contribution in [2.45, 2.75) is 0 Å². The molecule has 0 aliphatic carbocycles. The van der Waals surface area contributed by atoms with Crippen molar-refractivity contribution in [3.63, 3.8) is 0 Å². The van der Waals surface area contributed by atoms with Crippen molar-refractivity contribution in [3.8, 4) is 0 Å². The van der Waals surface area contributed by atoms with Crippen LogP contribution in [0, 0.1) is 0 Å². The van der Waals surface area contributed by atoms with Gasteiger partial charge < -0.3 is 5.48 Å². The SMILES string of the molecule is O.[Al].[Cl][Al]([Cl])[Cl].[Zr]. The van der Waals surface area contributed by atoms with Crippen molar-refractivity contribution >= 4 is 58.9 Å². The minimum absolute atomic E-state index is 0. The van der Waals surface area contributed by atoms with Crippen LogP contribution >= 0.6 is 30.1 Å². The zero-order chi connectivity index (χ0) is 3.58. The zero-order valence-electron chi connectivity index (χ0n) is 3.29. The molecule has 0 aromatic heterocycles. The summed E-state index contributed by atoms with van der Waals surface area (Å²) in [6, 6.07) is 0. The molecule has 0 aliphatic heterocycles. The molecule has 0 aromatic rings. The molecule has 0 aliphatic rings. The zero-order valence-corrected chi connectivity index (χ0v) is 10.3. The molecule has 0 atom stereocenters. The van der Waals surface area contributed by atoms with Gasteiger partial charge in [-0.1, -0.05) is 0 Å². The molecule has 0 heterocycles. The van der Waals surface area contributed by atoms with E-state index in [1.807, 2.05) is 0 Å². The van der Waals surface area contributed by atoms with Crippen LogP contribution in [0.1, 0.15) is 0 Å². The van der Waals surface area contributed by atoms with Crippen molar-refractivity contribution in [2.24, 2.45) is 0 Å². The van der Waals surface area contributed by atoms with E-state index in [0.717, 1.165) is 0 Å². The fourth-order valence-corrected chi connectivity index (χ4v) is 0. The quantitative estimate of drug-likeness (QED) is 0.573. The van der Waals surface area contributed by atoms with Crippen molar-refractivity contribution in [1.82, 2.24) is 0 Å². The standard InChI is InChI=1S/2Al.3ClH.H2O.Zr/h;;3*1H;1H2;/q;+3;;;;;/p-3. The van der Waals surface area contributed by atoms with Crippen LogP contribution < -0.4 is 0 Å². The predicted molar refractivity (Wildman–Crippen MR) is 32.7 cm³/mol. The van der Waals surface area contributed by atoms with E-state index < -0.39 is 11.4 Å². The Morgan fingerprint density at radius 2 is 1.00 bits per heavy atom. The number of hydrogen-bond donors (Lipinski definition) is 0. The monoisotopic (exact) mass is 267 g/mol. The number of hydrogen-bond acceptors (Lipinski definition) is 0. The summed E-state index contributed by atoms with van der Waals surface area (Å²) in [5.41, 5.74) is 0. The van der Waals surface area contributed by atoms with Gasteiger partial charge in [0, 0.05) is 43.6 Å². The third-order valence-electron chi connectivity index (χ3n) is 0. The Balaban J connectivity index is -0.0000000150. The van der Waals surface area contributed by atoms with Crippen LogP contribution in [-0.4, -0.2) is 34.2 Å². The third kappa shape index (κ3) is 52.3. The number of rotatable bonds is 0. The Labute approximate surface area is 89.3 Å². The molecule has 0 fully saturated rings. The van der Waals surface area contributed by atoms with Crippen molar-refractivity contribution in [3.05, 3.63) is 0 Å². The van der Waals surface area contributed by atoms with Gasteiger partial charge in [0.05, 0.1) is 0 Å². The topological polar surface area (TPSA) is 31.5 Å². The molecule has 0 amide bonds. The van der Waals surface area contributed by atoms with Gasteiger partial charge in [-0.15, -0.1) is 0 Å². The van der Waals surface area contributed by atoms with E-state index in [1.54, 1.807) is 0 Å². The molecule has 0 aromatic carbocycles. The van der Waals surface area contributed by atoms with Crippen LogP contribution in [0.4, 0.5) is 0 Å². The fraction of sp³-hybridized carbons (Fsp3) is 0. The van der Waals surface area contributed by atoms with Gasteiger partial charge in [0.25, 0.3) is 0 Å². The van der Waals surface area contributed by atoms with Gasteiger partial charge in [0.15, 0.2) is 0 Å². The summed E-state index contributed by atoms with van der Waals surface area (Å²) in [5.74, 6) is 0. The van der Waals surface area contributed by atoms with Crippen molar-refractivity contribution in [1.29, 1.82) is 0 Å². The normalized spacial score (nSPS) is 3.86. The van der Waals surface area contributed by atoms with Gasteiger partial charge >= 0.3 is 11.4 Å². The molecule has 0 unspecified atom stereocenters. The molecule has 1 nitrogen and oxygen atoms in total. The molecule has 7 heavy (non-hydrogen) atoms. The van der Waals surface area contributed by atoms with E-state index in [1.165, 1.54) is 0 Å². The predicted octanol–water partition coefficient (Wildman–Crippen LogP) is 0.480.